The zero-order valence-corrected chi connectivity index (χ0v) is 22.1. The summed E-state index contributed by atoms with van der Waals surface area (Å²) in [5, 5.41) is 73.1. The van der Waals surface area contributed by atoms with Crippen molar-refractivity contribution in [2.75, 3.05) is 19.8 Å². The molecule has 0 radical (unpaired) electrons. The number of hydrogen-bond donors (Lipinski definition) is 13. The molecule has 0 aromatic rings. The fourth-order valence-electron chi connectivity index (χ4n) is 2.98. The second-order valence-electron chi connectivity index (χ2n) is 8.59. The van der Waals surface area contributed by atoms with Crippen LogP contribution in [0.4, 0.5) is 0 Å². The van der Waals surface area contributed by atoms with E-state index in [-0.39, 0.29) is 0 Å². The Kier molecular flexibility index (Phi) is 16.4. The molecule has 0 heterocycles. The van der Waals surface area contributed by atoms with Gasteiger partial charge in [-0.2, -0.15) is 0 Å². The van der Waals surface area contributed by atoms with E-state index in [4.69, 9.17) is 31.3 Å². The maximum atomic E-state index is 12.8. The highest BCUT2D eigenvalue weighted by Gasteiger charge is 2.34. The van der Waals surface area contributed by atoms with Crippen LogP contribution in [0.25, 0.3) is 0 Å². The number of aliphatic carboxylic acids is 4. The summed E-state index contributed by atoms with van der Waals surface area (Å²) in [5.74, 6) is -13.6. The fraction of sp³-hybridized carbons (Fsp3) is 0.571. The smallest absolute Gasteiger partial charge is 0.326 e. The second-order valence-corrected chi connectivity index (χ2v) is 8.59. The Labute approximate surface area is 240 Å². The molecule has 0 aliphatic carbocycles. The van der Waals surface area contributed by atoms with Crippen molar-refractivity contribution < 1.29 is 78.9 Å². The monoisotopic (exact) mass is 624 g/mol. The molecule has 43 heavy (non-hydrogen) atoms. The molecule has 0 aliphatic rings. The van der Waals surface area contributed by atoms with Crippen LogP contribution in [0.2, 0.25) is 0 Å². The van der Waals surface area contributed by atoms with Gasteiger partial charge in [-0.25, -0.2) is 4.79 Å². The van der Waals surface area contributed by atoms with Crippen molar-refractivity contribution in [1.29, 1.82) is 0 Å². The Hall–Kier alpha value is -4.93. The third-order valence-corrected chi connectivity index (χ3v) is 5.18. The summed E-state index contributed by atoms with van der Waals surface area (Å²) in [6.45, 7) is -3.14. The number of aliphatic hydroxyl groups excluding tert-OH is 3. The number of carboxylic acids is 4. The van der Waals surface area contributed by atoms with Crippen molar-refractivity contribution in [2.45, 2.75) is 55.5 Å². The quantitative estimate of drug-likeness (QED) is 0.0598. The van der Waals surface area contributed by atoms with Gasteiger partial charge >= 0.3 is 23.9 Å². The zero-order valence-electron chi connectivity index (χ0n) is 22.1. The molecule has 0 saturated heterocycles. The van der Waals surface area contributed by atoms with E-state index in [0.29, 0.717) is 0 Å². The summed E-state index contributed by atoms with van der Waals surface area (Å²) in [7, 11) is 0. The first-order valence-corrected chi connectivity index (χ1v) is 11.9. The summed E-state index contributed by atoms with van der Waals surface area (Å²) in [4.78, 5) is 107. The number of nitrogens with two attached hydrogens (primary N) is 1. The molecule has 0 saturated carbocycles. The minimum atomic E-state index is -2.09. The number of hydrogen-bond acceptors (Lipinski definition) is 13. The molecular formula is C21H32N6O16. The van der Waals surface area contributed by atoms with Gasteiger partial charge in [0.05, 0.1) is 39.1 Å². The van der Waals surface area contributed by atoms with Gasteiger partial charge in [0.15, 0.2) is 0 Å². The fourth-order valence-corrected chi connectivity index (χ4v) is 2.98. The van der Waals surface area contributed by atoms with E-state index >= 15 is 0 Å². The highest BCUT2D eigenvalue weighted by Crippen LogP contribution is 2.02. The van der Waals surface area contributed by atoms with Crippen LogP contribution in [0.1, 0.15) is 19.3 Å². The van der Waals surface area contributed by atoms with Gasteiger partial charge in [-0.05, 0) is 0 Å². The van der Waals surface area contributed by atoms with Crippen molar-refractivity contribution in [3.05, 3.63) is 0 Å². The van der Waals surface area contributed by atoms with E-state index in [1.807, 2.05) is 21.3 Å². The molecule has 242 valence electrons. The molecule has 0 aromatic heterocycles. The standard InChI is InChI=1S/C21H32N6O16/c22-7(4-28)16(37)26-11(5-29)19(40)24-8(1-13(31)32)17(38)23-9(2-14(33)34)18(39)27-12(6-30)20(41)25-10(21(42)43)3-15(35)36/h7-12,28-30H,1-6,22H2,(H,23,38)(H,24,40)(H,25,41)(H,26,37)(H,27,39)(H,31,32)(H,33,34)(H,35,36)(H,42,43)/t7-,8-,9-,10-,11-,12-/m0/s1. The summed E-state index contributed by atoms with van der Waals surface area (Å²) in [6.07, 6.45) is -3.45. The van der Waals surface area contributed by atoms with Crippen LogP contribution in [-0.2, 0) is 43.2 Å². The second kappa shape index (κ2) is 18.5. The number of nitrogens with one attached hydrogen (secondary N) is 5. The summed E-state index contributed by atoms with van der Waals surface area (Å²) < 4.78 is 0. The number of carbonyl (C=O) groups is 9. The van der Waals surface area contributed by atoms with E-state index in [1.54, 1.807) is 5.32 Å². The van der Waals surface area contributed by atoms with Gasteiger partial charge in [0.1, 0.15) is 36.3 Å². The van der Waals surface area contributed by atoms with E-state index in [9.17, 15) is 53.4 Å². The van der Waals surface area contributed by atoms with Crippen LogP contribution in [0, 0.1) is 0 Å². The van der Waals surface area contributed by atoms with Crippen molar-refractivity contribution >= 4 is 53.4 Å². The van der Waals surface area contributed by atoms with Crippen molar-refractivity contribution in [3.8, 4) is 0 Å². The van der Waals surface area contributed by atoms with Crippen LogP contribution in [0.15, 0.2) is 0 Å². The van der Waals surface area contributed by atoms with Crippen molar-refractivity contribution in [1.82, 2.24) is 26.6 Å². The minimum absolute atomic E-state index is 0.843. The predicted octanol–water partition coefficient (Wildman–Crippen LogP) is -7.78. The topological polar surface area (TPSA) is 381 Å². The largest absolute Gasteiger partial charge is 0.481 e. The highest BCUT2D eigenvalue weighted by molar-refractivity contribution is 5.98. The van der Waals surface area contributed by atoms with Gasteiger partial charge in [-0.3, -0.25) is 38.4 Å². The van der Waals surface area contributed by atoms with E-state index in [2.05, 4.69) is 0 Å². The van der Waals surface area contributed by atoms with Crippen LogP contribution in [0.3, 0.4) is 0 Å². The van der Waals surface area contributed by atoms with Crippen LogP contribution in [-0.4, -0.2) is 145 Å². The molecule has 22 nitrogen and oxygen atoms in total. The van der Waals surface area contributed by atoms with Crippen molar-refractivity contribution in [3.63, 3.8) is 0 Å². The first-order chi connectivity index (χ1) is 20.0. The Balaban J connectivity index is 5.82. The molecule has 0 aliphatic heterocycles. The Morgan fingerprint density at radius 3 is 1.02 bits per heavy atom. The SMILES string of the molecule is N[C@@H](CO)C(=O)N[C@@H](CO)C(=O)N[C@@H](CC(=O)O)C(=O)N[C@@H](CC(=O)O)C(=O)N[C@@H](CO)C(=O)N[C@@H](CC(=O)O)C(=O)O. The lowest BCUT2D eigenvalue weighted by molar-refractivity contribution is -0.147. The van der Waals surface area contributed by atoms with Crippen LogP contribution < -0.4 is 32.3 Å². The van der Waals surface area contributed by atoms with E-state index < -0.39 is 129 Å². The third-order valence-electron chi connectivity index (χ3n) is 5.18. The lowest BCUT2D eigenvalue weighted by atomic mass is 10.1. The highest BCUT2D eigenvalue weighted by atomic mass is 16.4. The Bertz CT molecular complexity index is 1080. The molecule has 22 heteroatoms. The summed E-state index contributed by atoms with van der Waals surface area (Å²) in [6, 6.07) is -11.4. The number of carboxylic acid groups (broad SMARTS) is 4. The maximum Gasteiger partial charge on any atom is 0.326 e. The molecule has 6 atom stereocenters. The van der Waals surface area contributed by atoms with Crippen LogP contribution >= 0.6 is 0 Å². The van der Waals surface area contributed by atoms with Gasteiger partial charge in [0.25, 0.3) is 0 Å². The first-order valence-electron chi connectivity index (χ1n) is 11.9. The zero-order chi connectivity index (χ0) is 33.4. The lowest BCUT2D eigenvalue weighted by Crippen LogP contribution is -2.60. The molecular weight excluding hydrogens is 592 g/mol. The minimum Gasteiger partial charge on any atom is -0.481 e. The molecule has 14 N–H and O–H groups in total. The molecule has 5 amide bonds. The third kappa shape index (κ3) is 14.0. The number of carbonyl (C=O) groups excluding carboxylic acids is 5. The number of aliphatic hydroxyl groups is 3. The average Bonchev–Trinajstić information content (AvgIpc) is 2.91. The Morgan fingerprint density at radius 1 is 0.442 bits per heavy atom. The van der Waals surface area contributed by atoms with E-state index in [0.717, 1.165) is 0 Å². The Morgan fingerprint density at radius 2 is 0.721 bits per heavy atom. The molecule has 0 unspecified atom stereocenters. The molecule has 0 aromatic carbocycles. The van der Waals surface area contributed by atoms with Gasteiger partial charge < -0.3 is 68.1 Å². The number of amides is 5. The molecule has 0 fully saturated rings. The average molecular weight is 625 g/mol. The molecule has 0 bridgehead atoms. The van der Waals surface area contributed by atoms with Crippen molar-refractivity contribution in [2.24, 2.45) is 5.73 Å². The maximum absolute atomic E-state index is 12.8. The first kappa shape index (κ1) is 38.1. The molecule has 0 spiro atoms. The normalized spacial score (nSPS) is 14.8. The van der Waals surface area contributed by atoms with Crippen LogP contribution in [0.5, 0.6) is 0 Å². The van der Waals surface area contributed by atoms with Gasteiger partial charge in [-0.1, -0.05) is 0 Å². The van der Waals surface area contributed by atoms with Gasteiger partial charge in [-0.15, -0.1) is 0 Å². The number of rotatable bonds is 20. The predicted molar refractivity (Wildman–Crippen MR) is 133 cm³/mol. The van der Waals surface area contributed by atoms with Gasteiger partial charge in [0, 0.05) is 0 Å². The van der Waals surface area contributed by atoms with E-state index in [1.165, 1.54) is 0 Å². The summed E-state index contributed by atoms with van der Waals surface area (Å²) in [5.41, 5.74) is 5.28. The summed E-state index contributed by atoms with van der Waals surface area (Å²) >= 11 is 0. The molecule has 0 rings (SSSR count). The van der Waals surface area contributed by atoms with Gasteiger partial charge in [0.2, 0.25) is 29.5 Å². The lowest BCUT2D eigenvalue weighted by Gasteiger charge is -2.25.